The minimum absolute atomic E-state index is 0.0329. The van der Waals surface area contributed by atoms with Crippen LogP contribution in [0, 0.1) is 17.2 Å². The number of rotatable bonds is 10. The highest BCUT2D eigenvalue weighted by Crippen LogP contribution is 2.26. The van der Waals surface area contributed by atoms with Crippen molar-refractivity contribution >= 4 is 26.8 Å². The zero-order valence-corrected chi connectivity index (χ0v) is 22.8. The highest BCUT2D eigenvalue weighted by atomic mass is 32.2. The van der Waals surface area contributed by atoms with Gasteiger partial charge in [0.15, 0.2) is 0 Å². The Bertz CT molecular complexity index is 1480. The first kappa shape index (κ1) is 27.1. The van der Waals surface area contributed by atoms with E-state index < -0.39 is 10.0 Å². The Labute approximate surface area is 228 Å². The number of hydrogen-bond donors (Lipinski definition) is 2. The Kier molecular flexibility index (Phi) is 8.18. The molecule has 10 nitrogen and oxygen atoms in total. The maximum Gasteiger partial charge on any atom is 0.257 e. The van der Waals surface area contributed by atoms with Crippen LogP contribution in [0.3, 0.4) is 0 Å². The Balaban J connectivity index is 1.19. The fraction of sp³-hybridized carbons (Fsp3) is 0.429. The molecule has 1 amide bonds. The van der Waals surface area contributed by atoms with Gasteiger partial charge in [0, 0.05) is 49.2 Å². The molecule has 0 unspecified atom stereocenters. The molecule has 3 heterocycles. The topological polar surface area (TPSA) is 128 Å². The van der Waals surface area contributed by atoms with E-state index in [1.54, 1.807) is 11.0 Å². The summed E-state index contributed by atoms with van der Waals surface area (Å²) in [5.74, 6) is 0.437. The van der Waals surface area contributed by atoms with Crippen LogP contribution < -0.4 is 9.46 Å². The summed E-state index contributed by atoms with van der Waals surface area (Å²) < 4.78 is 38.2. The van der Waals surface area contributed by atoms with Crippen LogP contribution in [0.25, 0.3) is 10.9 Å². The van der Waals surface area contributed by atoms with Crippen molar-refractivity contribution in [3.8, 4) is 11.8 Å². The van der Waals surface area contributed by atoms with Crippen molar-refractivity contribution in [3.63, 3.8) is 0 Å². The van der Waals surface area contributed by atoms with Crippen molar-refractivity contribution in [3.05, 3.63) is 59.3 Å². The van der Waals surface area contributed by atoms with Gasteiger partial charge in [-0.25, -0.2) is 13.1 Å². The number of fused-ring (bicyclic) bond motifs is 1. The number of aromatic nitrogens is 1. The fourth-order valence-electron chi connectivity index (χ4n) is 4.97. The summed E-state index contributed by atoms with van der Waals surface area (Å²) in [7, 11) is -2.36. The van der Waals surface area contributed by atoms with Crippen molar-refractivity contribution in [1.29, 1.82) is 5.26 Å². The molecule has 0 radical (unpaired) electrons. The van der Waals surface area contributed by atoms with Gasteiger partial charge in [-0.1, -0.05) is 0 Å². The molecule has 2 N–H and O–H groups in total. The maximum atomic E-state index is 13.5. The average molecular weight is 552 g/mol. The molecule has 5 rings (SSSR count). The molecule has 0 aliphatic carbocycles. The van der Waals surface area contributed by atoms with E-state index in [1.165, 1.54) is 24.7 Å². The second kappa shape index (κ2) is 11.8. The molecule has 2 saturated heterocycles. The highest BCUT2D eigenvalue weighted by Gasteiger charge is 2.27. The Morgan fingerprint density at radius 1 is 1.18 bits per heavy atom. The lowest BCUT2D eigenvalue weighted by Crippen LogP contribution is -2.49. The van der Waals surface area contributed by atoms with Crippen molar-refractivity contribution in [2.24, 2.45) is 5.92 Å². The van der Waals surface area contributed by atoms with Gasteiger partial charge >= 0.3 is 0 Å². The Morgan fingerprint density at radius 3 is 2.67 bits per heavy atom. The van der Waals surface area contributed by atoms with Gasteiger partial charge in [0.2, 0.25) is 10.0 Å². The lowest BCUT2D eigenvalue weighted by atomic mass is 10.1. The third-order valence-corrected chi connectivity index (χ3v) is 8.83. The van der Waals surface area contributed by atoms with Crippen molar-refractivity contribution < 1.29 is 22.7 Å². The fourth-order valence-corrected chi connectivity index (χ4v) is 5.72. The van der Waals surface area contributed by atoms with Gasteiger partial charge in [0.05, 0.1) is 41.9 Å². The summed E-state index contributed by atoms with van der Waals surface area (Å²) in [5, 5.41) is 10.3. The minimum Gasteiger partial charge on any atom is -0.492 e. The number of piperazine rings is 1. The largest absolute Gasteiger partial charge is 0.492 e. The number of hydrogen-bond acceptors (Lipinski definition) is 7. The molecule has 39 heavy (non-hydrogen) atoms. The van der Waals surface area contributed by atoms with E-state index in [0.717, 1.165) is 43.4 Å². The number of nitrogens with one attached hydrogen (secondary N) is 2. The van der Waals surface area contributed by atoms with Crippen LogP contribution in [-0.4, -0.2) is 88.7 Å². The predicted octanol–water partition coefficient (Wildman–Crippen LogP) is 2.36. The van der Waals surface area contributed by atoms with E-state index in [4.69, 9.17) is 9.47 Å². The molecule has 2 aliphatic heterocycles. The van der Waals surface area contributed by atoms with Gasteiger partial charge in [-0.2, -0.15) is 5.26 Å². The van der Waals surface area contributed by atoms with Crippen LogP contribution in [0.15, 0.2) is 47.5 Å². The first-order valence-corrected chi connectivity index (χ1v) is 14.7. The van der Waals surface area contributed by atoms with E-state index >= 15 is 0 Å². The van der Waals surface area contributed by atoms with Crippen molar-refractivity contribution in [2.45, 2.75) is 17.7 Å². The second-order valence-corrected chi connectivity index (χ2v) is 11.9. The number of H-pyrrole nitrogens is 1. The SMILES string of the molecule is CNS(=O)(=O)c1ccc(OCC2COC2)c(C(=O)N2CCN(CCCc3c[nH]c4ccc(C#N)cc34)CC2)c1. The summed E-state index contributed by atoms with van der Waals surface area (Å²) in [5.41, 5.74) is 3.15. The first-order chi connectivity index (χ1) is 18.9. The second-order valence-electron chi connectivity index (χ2n) is 10.0. The molecule has 0 bridgehead atoms. The van der Waals surface area contributed by atoms with Crippen LogP contribution in [0.5, 0.6) is 5.75 Å². The number of nitriles is 1. The summed E-state index contributed by atoms with van der Waals surface area (Å²) >= 11 is 0. The van der Waals surface area contributed by atoms with E-state index in [1.807, 2.05) is 24.4 Å². The molecule has 0 saturated carbocycles. The number of benzene rings is 2. The summed E-state index contributed by atoms with van der Waals surface area (Å²) in [6.45, 7) is 5.15. The molecule has 2 aliphatic rings. The summed E-state index contributed by atoms with van der Waals surface area (Å²) in [6, 6.07) is 12.3. The lowest BCUT2D eigenvalue weighted by molar-refractivity contribution is -0.0509. The lowest BCUT2D eigenvalue weighted by Gasteiger charge is -2.35. The third kappa shape index (κ3) is 6.09. The van der Waals surface area contributed by atoms with Gasteiger partial charge in [0.25, 0.3) is 5.91 Å². The standard InChI is InChI=1S/C28H33N5O5S/c1-30-39(35,36)23-5-7-27(38-19-21-17-37-18-21)25(14-23)28(34)33-11-9-32(10-12-33)8-2-3-22-16-31-26-6-4-20(15-29)13-24(22)26/h4-7,13-14,16,21,30-31H,2-3,8-12,17-19H2,1H3. The van der Waals surface area contributed by atoms with E-state index in [0.29, 0.717) is 44.2 Å². The number of ether oxygens (including phenoxy) is 2. The minimum atomic E-state index is -3.70. The average Bonchev–Trinajstić information content (AvgIpc) is 3.34. The molecule has 11 heteroatoms. The molecule has 3 aromatic rings. The van der Waals surface area contributed by atoms with Crippen molar-refractivity contribution in [2.75, 3.05) is 59.6 Å². The Morgan fingerprint density at radius 2 is 1.97 bits per heavy atom. The van der Waals surface area contributed by atoms with Gasteiger partial charge in [-0.3, -0.25) is 9.69 Å². The van der Waals surface area contributed by atoms with E-state index in [2.05, 4.69) is 20.7 Å². The first-order valence-electron chi connectivity index (χ1n) is 13.2. The van der Waals surface area contributed by atoms with Crippen LogP contribution in [-0.2, 0) is 21.2 Å². The van der Waals surface area contributed by atoms with Crippen LogP contribution in [0.4, 0.5) is 0 Å². The Hall–Kier alpha value is -3.43. The molecular weight excluding hydrogens is 518 g/mol. The van der Waals surface area contributed by atoms with Gasteiger partial charge in [-0.15, -0.1) is 0 Å². The number of nitrogens with zero attached hydrogens (tertiary/aromatic N) is 3. The van der Waals surface area contributed by atoms with Crippen LogP contribution in [0.2, 0.25) is 0 Å². The zero-order valence-electron chi connectivity index (χ0n) is 22.0. The van der Waals surface area contributed by atoms with E-state index in [-0.39, 0.29) is 22.3 Å². The molecule has 0 atom stereocenters. The highest BCUT2D eigenvalue weighted by molar-refractivity contribution is 7.89. The molecule has 206 valence electrons. The summed E-state index contributed by atoms with van der Waals surface area (Å²) in [4.78, 5) is 21.0. The third-order valence-electron chi connectivity index (χ3n) is 7.42. The quantitative estimate of drug-likeness (QED) is 0.396. The smallest absolute Gasteiger partial charge is 0.257 e. The van der Waals surface area contributed by atoms with Crippen LogP contribution in [0.1, 0.15) is 27.9 Å². The molecule has 0 spiro atoms. The predicted molar refractivity (Wildman–Crippen MR) is 146 cm³/mol. The van der Waals surface area contributed by atoms with E-state index in [9.17, 15) is 18.5 Å². The molecule has 2 aromatic carbocycles. The number of aromatic amines is 1. The number of aryl methyl sites for hydroxylation is 1. The zero-order chi connectivity index (χ0) is 27.4. The molecule has 1 aromatic heterocycles. The number of amides is 1. The number of carbonyl (C=O) groups is 1. The van der Waals surface area contributed by atoms with Gasteiger partial charge in [0.1, 0.15) is 5.75 Å². The number of carbonyl (C=O) groups excluding carboxylic acids is 1. The summed E-state index contributed by atoms with van der Waals surface area (Å²) in [6.07, 6.45) is 3.88. The maximum absolute atomic E-state index is 13.5. The number of sulfonamides is 1. The van der Waals surface area contributed by atoms with Gasteiger partial charge < -0.3 is 19.4 Å². The monoisotopic (exact) mass is 551 g/mol. The molecule has 2 fully saturated rings. The van der Waals surface area contributed by atoms with Crippen LogP contribution >= 0.6 is 0 Å². The normalized spacial score (nSPS) is 16.7. The molecular formula is C28H33N5O5S. The van der Waals surface area contributed by atoms with Gasteiger partial charge in [-0.05, 0) is 68.4 Å². The van der Waals surface area contributed by atoms with Crippen molar-refractivity contribution in [1.82, 2.24) is 19.5 Å².